The van der Waals surface area contributed by atoms with Crippen LogP contribution < -0.4 is 24.8 Å². The van der Waals surface area contributed by atoms with Gasteiger partial charge in [-0.15, -0.1) is 0 Å². The van der Waals surface area contributed by atoms with Crippen LogP contribution in [0.1, 0.15) is 129 Å². The Labute approximate surface area is 515 Å². The molecule has 18 heteroatoms. The van der Waals surface area contributed by atoms with Gasteiger partial charge in [0.15, 0.2) is 0 Å². The molecule has 0 spiro atoms. The van der Waals surface area contributed by atoms with Gasteiger partial charge in [0.05, 0.1) is 41.3 Å². The van der Waals surface area contributed by atoms with Crippen molar-refractivity contribution in [3.63, 3.8) is 0 Å². The molecule has 0 bridgehead atoms. The average Bonchev–Trinajstić information content (AvgIpc) is 1.80. The van der Waals surface area contributed by atoms with Gasteiger partial charge in [0, 0.05) is 53.0 Å². The predicted molar refractivity (Wildman–Crippen MR) is 336 cm³/mol. The standard InChI is InChI=1S/C67H79Cl3N6O9/c1-43(2)45-18-17-44(3)51(39-45)49-22-27-56(71-60(49)46-19-24-54(69)58(40-46)83-35-15-33-75(4)5)62(77)73-66(29-11-9-12-30-66)64(79)85-65(80)67(31-13-10-14-32-67)74-63(78)57-28-23-50(52-42-48(21-26-53(52)68)82-38-37-81-8)61(72-57)47-20-25-55(70)59(41-47)84-36-16-34-76(6)7/h17-28,39-43H,9-16,29-38H2,1-8H3,(H,73,77)(H,74,78). The summed E-state index contributed by atoms with van der Waals surface area (Å²) in [6.07, 6.45) is 6.36. The van der Waals surface area contributed by atoms with E-state index in [1.807, 2.05) is 53.3 Å². The molecule has 2 amide bonds. The second kappa shape index (κ2) is 29.7. The van der Waals surface area contributed by atoms with Gasteiger partial charge in [0.1, 0.15) is 46.3 Å². The third-order valence-electron chi connectivity index (χ3n) is 15.8. The summed E-state index contributed by atoms with van der Waals surface area (Å²) in [5.74, 6) is -1.34. The molecule has 2 saturated carbocycles. The van der Waals surface area contributed by atoms with Crippen LogP contribution in [0.5, 0.6) is 17.2 Å². The molecule has 0 aliphatic heterocycles. The molecule has 2 heterocycles. The summed E-state index contributed by atoms with van der Waals surface area (Å²) in [6.45, 7) is 9.51. The Morgan fingerprint density at radius 3 is 1.49 bits per heavy atom. The first-order valence-corrected chi connectivity index (χ1v) is 30.5. The van der Waals surface area contributed by atoms with Crippen molar-refractivity contribution >= 4 is 58.6 Å². The molecule has 2 aliphatic carbocycles. The summed E-state index contributed by atoms with van der Waals surface area (Å²) < 4.78 is 29.5. The maximum absolute atomic E-state index is 14.9. The molecule has 2 N–H and O–H groups in total. The lowest BCUT2D eigenvalue weighted by Gasteiger charge is -2.38. The minimum Gasteiger partial charge on any atom is -0.492 e. The van der Waals surface area contributed by atoms with E-state index in [-0.39, 0.29) is 43.0 Å². The quantitative estimate of drug-likeness (QED) is 0.0316. The van der Waals surface area contributed by atoms with Crippen molar-refractivity contribution in [3.8, 4) is 62.0 Å². The van der Waals surface area contributed by atoms with Crippen molar-refractivity contribution in [2.75, 3.05) is 74.8 Å². The Hall–Kier alpha value is -6.59. The first kappa shape index (κ1) is 64.4. The van der Waals surface area contributed by atoms with Crippen molar-refractivity contribution < 1.29 is 42.9 Å². The number of carbonyl (C=O) groups is 4. The molecule has 2 aliphatic rings. The first-order chi connectivity index (χ1) is 40.8. The van der Waals surface area contributed by atoms with Crippen molar-refractivity contribution in [1.82, 2.24) is 30.4 Å². The van der Waals surface area contributed by atoms with Crippen LogP contribution >= 0.6 is 34.8 Å². The van der Waals surface area contributed by atoms with E-state index in [1.165, 1.54) is 0 Å². The number of nitrogens with one attached hydrogen (secondary N) is 2. The van der Waals surface area contributed by atoms with Gasteiger partial charge in [-0.25, -0.2) is 19.6 Å². The molecular weight excluding hydrogens is 1140 g/mol. The van der Waals surface area contributed by atoms with E-state index >= 15 is 0 Å². The number of halogens is 3. The molecule has 0 radical (unpaired) electrons. The molecule has 2 aromatic heterocycles. The number of amides is 2. The fraction of sp³-hybridized carbons (Fsp3) is 0.433. The Bertz CT molecular complexity index is 3340. The summed E-state index contributed by atoms with van der Waals surface area (Å²) in [4.78, 5) is 73.6. The molecular formula is C67H79Cl3N6O9. The molecule has 8 rings (SSSR count). The summed E-state index contributed by atoms with van der Waals surface area (Å²) in [7, 11) is 9.60. The summed E-state index contributed by atoms with van der Waals surface area (Å²) in [5.41, 5.74) is 4.14. The molecule has 0 atom stereocenters. The van der Waals surface area contributed by atoms with Crippen molar-refractivity contribution in [1.29, 1.82) is 0 Å². The van der Waals surface area contributed by atoms with E-state index < -0.39 is 34.8 Å². The molecule has 2 fully saturated rings. The normalized spacial score (nSPS) is 14.7. The SMILES string of the molecule is COCCOc1ccc(Cl)c(-c2ccc(C(=O)NC3(C(=O)OC(=O)C4(NC(=O)c5ccc(-c6cc(C(C)C)ccc6C)c(-c6ccc(Cl)c(OCCCN(C)C)c6)n5)CCCCC4)CCCCC3)nc2-c2ccc(Cl)c(OCCCN(C)C)c2)c1. The average molecular weight is 1220 g/mol. The predicted octanol–water partition coefficient (Wildman–Crippen LogP) is 13.9. The van der Waals surface area contributed by atoms with E-state index in [1.54, 1.807) is 67.8 Å². The third kappa shape index (κ3) is 16.3. The fourth-order valence-corrected chi connectivity index (χ4v) is 11.5. The van der Waals surface area contributed by atoms with Crippen LogP contribution in [-0.2, 0) is 19.1 Å². The highest BCUT2D eigenvalue weighted by Gasteiger charge is 2.49. The van der Waals surface area contributed by atoms with Crippen molar-refractivity contribution in [2.24, 2.45) is 0 Å². The maximum atomic E-state index is 14.9. The summed E-state index contributed by atoms with van der Waals surface area (Å²) in [6, 6.07) is 29.3. The number of pyridine rings is 2. The lowest BCUT2D eigenvalue weighted by Crippen LogP contribution is -2.61. The zero-order valence-electron chi connectivity index (χ0n) is 50.1. The zero-order chi connectivity index (χ0) is 60.8. The molecule has 15 nitrogen and oxygen atoms in total. The van der Waals surface area contributed by atoms with Crippen LogP contribution in [0.2, 0.25) is 15.1 Å². The van der Waals surface area contributed by atoms with Gasteiger partial charge in [0.2, 0.25) is 0 Å². The van der Waals surface area contributed by atoms with Crippen LogP contribution in [0.3, 0.4) is 0 Å². The monoisotopic (exact) mass is 1220 g/mol. The number of ether oxygens (including phenoxy) is 5. The number of aromatic nitrogens is 2. The molecule has 0 saturated heterocycles. The zero-order valence-corrected chi connectivity index (χ0v) is 52.4. The second-order valence-electron chi connectivity index (χ2n) is 23.1. The Balaban J connectivity index is 1.09. The minimum absolute atomic E-state index is 0.00565. The molecule has 4 aromatic carbocycles. The van der Waals surface area contributed by atoms with Gasteiger partial charge in [0.25, 0.3) is 11.8 Å². The van der Waals surface area contributed by atoms with Gasteiger partial charge in [-0.3, -0.25) is 9.59 Å². The highest BCUT2D eigenvalue weighted by atomic mass is 35.5. The van der Waals surface area contributed by atoms with E-state index in [0.29, 0.717) is 118 Å². The van der Waals surface area contributed by atoms with Crippen LogP contribution in [0.15, 0.2) is 97.1 Å². The van der Waals surface area contributed by atoms with Crippen molar-refractivity contribution in [2.45, 2.75) is 115 Å². The number of rotatable bonds is 25. The fourth-order valence-electron chi connectivity index (χ4n) is 10.9. The lowest BCUT2D eigenvalue weighted by molar-refractivity contribution is -0.170. The van der Waals surface area contributed by atoms with Gasteiger partial charge in [-0.05, 0) is 163 Å². The Morgan fingerprint density at radius 1 is 0.541 bits per heavy atom. The van der Waals surface area contributed by atoms with Gasteiger partial charge >= 0.3 is 11.9 Å². The van der Waals surface area contributed by atoms with Gasteiger partial charge in [-0.2, -0.15) is 0 Å². The van der Waals surface area contributed by atoms with Crippen LogP contribution in [0.4, 0.5) is 0 Å². The third-order valence-corrected chi connectivity index (χ3v) is 16.7. The molecule has 6 aromatic rings. The number of aryl methyl sites for hydroxylation is 1. The number of methoxy groups -OCH3 is 1. The molecule has 85 heavy (non-hydrogen) atoms. The van der Waals surface area contributed by atoms with Gasteiger partial charge in [-0.1, -0.05) is 118 Å². The summed E-state index contributed by atoms with van der Waals surface area (Å²) >= 11 is 20.3. The minimum atomic E-state index is -1.60. The number of hydrogen-bond acceptors (Lipinski definition) is 13. The van der Waals surface area contributed by atoms with Gasteiger partial charge < -0.3 is 44.1 Å². The number of nitrogens with zero attached hydrogens (tertiary/aromatic N) is 4. The Morgan fingerprint density at radius 2 is 1.02 bits per heavy atom. The smallest absolute Gasteiger partial charge is 0.339 e. The number of carbonyl (C=O) groups excluding carboxylic acids is 4. The largest absolute Gasteiger partial charge is 0.492 e. The highest BCUT2D eigenvalue weighted by molar-refractivity contribution is 6.34. The molecule has 452 valence electrons. The van der Waals surface area contributed by atoms with Crippen LogP contribution in [-0.4, -0.2) is 129 Å². The summed E-state index contributed by atoms with van der Waals surface area (Å²) in [5, 5.41) is 7.31. The topological polar surface area (TPSA) is 171 Å². The van der Waals surface area contributed by atoms with E-state index in [2.05, 4.69) is 52.5 Å². The van der Waals surface area contributed by atoms with Crippen LogP contribution in [0.25, 0.3) is 44.8 Å². The Kier molecular flexibility index (Phi) is 22.5. The van der Waals surface area contributed by atoms with E-state index in [4.69, 9.17) is 68.5 Å². The highest BCUT2D eigenvalue weighted by Crippen LogP contribution is 2.42. The number of benzene rings is 4. The number of esters is 2. The molecule has 0 unspecified atom stereocenters. The maximum Gasteiger partial charge on any atom is 0.339 e. The number of hydrogen-bond donors (Lipinski definition) is 2. The van der Waals surface area contributed by atoms with E-state index in [0.717, 1.165) is 61.0 Å². The lowest BCUT2D eigenvalue weighted by atomic mass is 9.80. The van der Waals surface area contributed by atoms with Crippen molar-refractivity contribution in [3.05, 3.63) is 135 Å². The van der Waals surface area contributed by atoms with E-state index in [9.17, 15) is 19.2 Å². The first-order valence-electron chi connectivity index (χ1n) is 29.4. The second-order valence-corrected chi connectivity index (χ2v) is 24.3. The van der Waals surface area contributed by atoms with Crippen LogP contribution in [0, 0.1) is 6.92 Å².